The van der Waals surface area contributed by atoms with Crippen LogP contribution in [0.15, 0.2) is 24.3 Å². The van der Waals surface area contributed by atoms with Crippen LogP contribution in [0, 0.1) is 22.7 Å². The molecule has 1 aromatic carbocycles. The first-order valence-corrected chi connectivity index (χ1v) is 7.21. The third-order valence-electron chi connectivity index (χ3n) is 4.25. The minimum absolute atomic E-state index is 0.0782. The van der Waals surface area contributed by atoms with Crippen LogP contribution in [-0.2, 0) is 4.79 Å². The Balaban J connectivity index is 2.17. The Morgan fingerprint density at radius 1 is 1.55 bits per heavy atom. The van der Waals surface area contributed by atoms with E-state index in [4.69, 9.17) is 11.6 Å². The van der Waals surface area contributed by atoms with E-state index < -0.39 is 5.41 Å². The molecule has 0 aliphatic heterocycles. The maximum absolute atomic E-state index is 12.6. The average molecular weight is 291 g/mol. The summed E-state index contributed by atoms with van der Waals surface area (Å²) in [6.45, 7) is 4.03. The highest BCUT2D eigenvalue weighted by Gasteiger charge is 2.50. The van der Waals surface area contributed by atoms with Gasteiger partial charge in [-0.25, -0.2) is 0 Å². The maximum Gasteiger partial charge on any atom is 0.243 e. The van der Waals surface area contributed by atoms with Gasteiger partial charge in [0.15, 0.2) is 0 Å². The molecule has 1 fully saturated rings. The Kier molecular flexibility index (Phi) is 4.06. The maximum atomic E-state index is 12.6. The molecule has 3 nitrogen and oxygen atoms in total. The molecule has 1 aliphatic rings. The van der Waals surface area contributed by atoms with Crippen LogP contribution < -0.4 is 0 Å². The molecule has 0 bridgehead atoms. The van der Waals surface area contributed by atoms with E-state index in [2.05, 4.69) is 13.0 Å². The molecule has 1 aromatic rings. The molecule has 1 unspecified atom stereocenters. The highest BCUT2D eigenvalue weighted by Crippen LogP contribution is 2.47. The molecule has 4 heteroatoms. The van der Waals surface area contributed by atoms with E-state index in [0.29, 0.717) is 23.8 Å². The van der Waals surface area contributed by atoms with Crippen molar-refractivity contribution in [1.82, 2.24) is 4.90 Å². The third-order valence-corrected chi connectivity index (χ3v) is 4.48. The molecule has 20 heavy (non-hydrogen) atoms. The Hall–Kier alpha value is -1.53. The number of carbonyl (C=O) groups is 1. The Labute approximate surface area is 125 Å². The lowest BCUT2D eigenvalue weighted by Crippen LogP contribution is -2.49. The van der Waals surface area contributed by atoms with Crippen molar-refractivity contribution in [2.45, 2.75) is 32.7 Å². The summed E-state index contributed by atoms with van der Waals surface area (Å²) in [5.74, 6) is 0.374. The topological polar surface area (TPSA) is 44.1 Å². The molecule has 0 aromatic heterocycles. The molecule has 0 heterocycles. The molecule has 2 rings (SSSR count). The minimum atomic E-state index is -0.818. The van der Waals surface area contributed by atoms with Crippen molar-refractivity contribution in [2.75, 3.05) is 7.05 Å². The zero-order valence-electron chi connectivity index (χ0n) is 12.1. The third kappa shape index (κ3) is 2.53. The van der Waals surface area contributed by atoms with Crippen LogP contribution in [0.1, 0.15) is 38.3 Å². The van der Waals surface area contributed by atoms with Crippen LogP contribution in [0.5, 0.6) is 0 Å². The summed E-state index contributed by atoms with van der Waals surface area (Å²) in [6.07, 6.45) is 1.32. The van der Waals surface area contributed by atoms with E-state index in [1.807, 2.05) is 31.2 Å². The van der Waals surface area contributed by atoms with Crippen molar-refractivity contribution in [2.24, 2.45) is 11.3 Å². The summed E-state index contributed by atoms with van der Waals surface area (Å²) in [6, 6.07) is 9.62. The quantitative estimate of drug-likeness (QED) is 0.850. The lowest BCUT2D eigenvalue weighted by atomic mass is 9.62. The van der Waals surface area contributed by atoms with Crippen LogP contribution in [0.4, 0.5) is 0 Å². The van der Waals surface area contributed by atoms with Gasteiger partial charge in [0.25, 0.3) is 0 Å². The molecule has 0 spiro atoms. The highest BCUT2D eigenvalue weighted by molar-refractivity contribution is 6.30. The number of rotatable bonds is 3. The van der Waals surface area contributed by atoms with Gasteiger partial charge in [0.1, 0.15) is 5.41 Å². The van der Waals surface area contributed by atoms with Crippen molar-refractivity contribution in [3.8, 4) is 6.07 Å². The van der Waals surface area contributed by atoms with Crippen LogP contribution in [0.2, 0.25) is 5.02 Å². The predicted octanol–water partition coefficient (Wildman–Crippen LogP) is 3.80. The standard InChI is InChI=1S/C16H19ClN2O/c1-11-8-16(9-11,10-18)15(20)19(3)12(2)13-5-4-6-14(17)7-13/h4-7,11-12H,8-9H2,1-3H3. The minimum Gasteiger partial charge on any atom is -0.338 e. The van der Waals surface area contributed by atoms with Gasteiger partial charge in [-0.05, 0) is 43.4 Å². The Bertz CT molecular complexity index is 558. The summed E-state index contributed by atoms with van der Waals surface area (Å²) < 4.78 is 0. The van der Waals surface area contributed by atoms with E-state index in [1.165, 1.54) is 0 Å². The fraction of sp³-hybridized carbons (Fsp3) is 0.500. The average Bonchev–Trinajstić information content (AvgIpc) is 2.41. The van der Waals surface area contributed by atoms with Gasteiger partial charge >= 0.3 is 0 Å². The molecule has 1 atom stereocenters. The predicted molar refractivity (Wildman–Crippen MR) is 79.1 cm³/mol. The van der Waals surface area contributed by atoms with E-state index in [-0.39, 0.29) is 11.9 Å². The van der Waals surface area contributed by atoms with Crippen LogP contribution in [0.3, 0.4) is 0 Å². The molecule has 1 saturated carbocycles. The van der Waals surface area contributed by atoms with Gasteiger partial charge in [0, 0.05) is 12.1 Å². The van der Waals surface area contributed by atoms with E-state index in [1.54, 1.807) is 11.9 Å². The number of carbonyl (C=O) groups excluding carboxylic acids is 1. The lowest BCUT2D eigenvalue weighted by Gasteiger charge is -2.42. The van der Waals surface area contributed by atoms with Gasteiger partial charge in [-0.1, -0.05) is 30.7 Å². The van der Waals surface area contributed by atoms with Crippen LogP contribution >= 0.6 is 11.6 Å². The normalized spacial score (nSPS) is 26.2. The van der Waals surface area contributed by atoms with E-state index in [9.17, 15) is 10.1 Å². The lowest BCUT2D eigenvalue weighted by molar-refractivity contribution is -0.146. The largest absolute Gasteiger partial charge is 0.338 e. The van der Waals surface area contributed by atoms with Crippen LogP contribution in [-0.4, -0.2) is 17.9 Å². The van der Waals surface area contributed by atoms with E-state index >= 15 is 0 Å². The number of amides is 1. The zero-order chi connectivity index (χ0) is 14.9. The molecular formula is C16H19ClN2O. The molecule has 106 valence electrons. The number of hydrogen-bond acceptors (Lipinski definition) is 2. The molecule has 1 aliphatic carbocycles. The van der Waals surface area contributed by atoms with Gasteiger partial charge in [-0.15, -0.1) is 0 Å². The molecule has 0 radical (unpaired) electrons. The van der Waals surface area contributed by atoms with Gasteiger partial charge in [-0.3, -0.25) is 4.79 Å². The van der Waals surface area contributed by atoms with Gasteiger partial charge in [-0.2, -0.15) is 5.26 Å². The second kappa shape index (κ2) is 5.46. The molecular weight excluding hydrogens is 272 g/mol. The smallest absolute Gasteiger partial charge is 0.243 e. The zero-order valence-corrected chi connectivity index (χ0v) is 12.8. The fourth-order valence-corrected chi connectivity index (χ4v) is 3.15. The van der Waals surface area contributed by atoms with Crippen molar-refractivity contribution >= 4 is 17.5 Å². The first-order valence-electron chi connectivity index (χ1n) is 6.83. The fourth-order valence-electron chi connectivity index (χ4n) is 2.95. The van der Waals surface area contributed by atoms with Gasteiger partial charge < -0.3 is 4.90 Å². The van der Waals surface area contributed by atoms with Crippen molar-refractivity contribution in [3.63, 3.8) is 0 Å². The SMILES string of the molecule is CC1CC(C#N)(C(=O)N(C)C(C)c2cccc(Cl)c2)C1. The number of nitrogens with zero attached hydrogens (tertiary/aromatic N) is 2. The summed E-state index contributed by atoms with van der Waals surface area (Å²) in [5, 5.41) is 10.0. The molecule has 0 saturated heterocycles. The van der Waals surface area contributed by atoms with Crippen molar-refractivity contribution < 1.29 is 4.79 Å². The summed E-state index contributed by atoms with van der Waals surface area (Å²) in [5.41, 5.74) is 0.162. The van der Waals surface area contributed by atoms with Crippen LogP contribution in [0.25, 0.3) is 0 Å². The first-order chi connectivity index (χ1) is 9.39. The number of hydrogen-bond donors (Lipinski definition) is 0. The first kappa shape index (κ1) is 14.9. The Morgan fingerprint density at radius 3 is 2.70 bits per heavy atom. The summed E-state index contributed by atoms with van der Waals surface area (Å²) >= 11 is 5.99. The second-order valence-corrected chi connectivity index (χ2v) is 6.29. The van der Waals surface area contributed by atoms with Gasteiger partial charge in [0.05, 0.1) is 12.1 Å². The summed E-state index contributed by atoms with van der Waals surface area (Å²) in [7, 11) is 1.76. The number of halogens is 1. The van der Waals surface area contributed by atoms with Crippen molar-refractivity contribution in [1.29, 1.82) is 5.26 Å². The second-order valence-electron chi connectivity index (χ2n) is 5.85. The van der Waals surface area contributed by atoms with E-state index in [0.717, 1.165) is 5.56 Å². The molecule has 1 amide bonds. The molecule has 0 N–H and O–H groups in total. The van der Waals surface area contributed by atoms with Gasteiger partial charge in [0.2, 0.25) is 5.91 Å². The highest BCUT2D eigenvalue weighted by atomic mass is 35.5. The number of nitriles is 1. The van der Waals surface area contributed by atoms with Crippen molar-refractivity contribution in [3.05, 3.63) is 34.9 Å². The monoisotopic (exact) mass is 290 g/mol. The summed E-state index contributed by atoms with van der Waals surface area (Å²) in [4.78, 5) is 14.3. The Morgan fingerprint density at radius 2 is 2.20 bits per heavy atom. The number of benzene rings is 1.